The van der Waals surface area contributed by atoms with Crippen molar-refractivity contribution in [3.63, 3.8) is 0 Å². The summed E-state index contributed by atoms with van der Waals surface area (Å²) in [6.45, 7) is 1.92. The van der Waals surface area contributed by atoms with E-state index in [0.717, 1.165) is 16.7 Å². The van der Waals surface area contributed by atoms with Gasteiger partial charge in [-0.15, -0.1) is 0 Å². The molecule has 1 N–H and O–H groups in total. The number of hydrogen-bond donors (Lipinski definition) is 1. The largest absolute Gasteiger partial charge is 0.478 e. The molecule has 0 aliphatic carbocycles. The Kier molecular flexibility index (Phi) is 4.12. The van der Waals surface area contributed by atoms with Crippen LogP contribution in [0.4, 0.5) is 0 Å². The zero-order chi connectivity index (χ0) is 19.0. The van der Waals surface area contributed by atoms with Gasteiger partial charge < -0.3 is 9.52 Å². The van der Waals surface area contributed by atoms with Crippen molar-refractivity contribution >= 4 is 17.1 Å². The fourth-order valence-corrected chi connectivity index (χ4v) is 3.44. The van der Waals surface area contributed by atoms with Gasteiger partial charge in [0.15, 0.2) is 5.58 Å². The lowest BCUT2D eigenvalue weighted by Crippen LogP contribution is -2.14. The predicted octanol–water partition coefficient (Wildman–Crippen LogP) is 4.51. The fourth-order valence-electron chi connectivity index (χ4n) is 3.44. The standard InChI is InChI=1S/C22H17NO4/c1-2-16-17(14-8-4-3-5-9-14)12-15(13-18(16)21(24)25)23-19-10-6-7-11-20(19)27-22(23)26/h3-13H,2H2,1H3,(H,24,25). The van der Waals surface area contributed by atoms with Gasteiger partial charge in [0.1, 0.15) is 0 Å². The number of carboxylic acids is 1. The van der Waals surface area contributed by atoms with Gasteiger partial charge in [-0.3, -0.25) is 0 Å². The molecule has 5 nitrogen and oxygen atoms in total. The third-order valence-corrected chi connectivity index (χ3v) is 4.65. The van der Waals surface area contributed by atoms with E-state index in [4.69, 9.17) is 4.42 Å². The van der Waals surface area contributed by atoms with Crippen LogP contribution in [0.15, 0.2) is 75.9 Å². The number of hydrogen-bond acceptors (Lipinski definition) is 3. The Labute approximate surface area is 155 Å². The first kappa shape index (κ1) is 16.8. The number of benzene rings is 3. The number of para-hydroxylation sites is 2. The van der Waals surface area contributed by atoms with Gasteiger partial charge in [-0.25, -0.2) is 14.2 Å². The van der Waals surface area contributed by atoms with Crippen LogP contribution in [0.1, 0.15) is 22.8 Å². The van der Waals surface area contributed by atoms with Gasteiger partial charge in [0.05, 0.1) is 16.8 Å². The van der Waals surface area contributed by atoms with Crippen LogP contribution in [0.2, 0.25) is 0 Å². The molecule has 0 bridgehead atoms. The highest BCUT2D eigenvalue weighted by Crippen LogP contribution is 2.31. The first-order valence-corrected chi connectivity index (χ1v) is 8.66. The van der Waals surface area contributed by atoms with Crippen molar-refractivity contribution < 1.29 is 14.3 Å². The Morgan fingerprint density at radius 3 is 2.44 bits per heavy atom. The minimum absolute atomic E-state index is 0.186. The number of rotatable bonds is 4. The number of nitrogens with zero attached hydrogens (tertiary/aromatic N) is 1. The monoisotopic (exact) mass is 359 g/mol. The van der Waals surface area contributed by atoms with E-state index >= 15 is 0 Å². The second kappa shape index (κ2) is 6.61. The minimum atomic E-state index is -1.02. The van der Waals surface area contributed by atoms with Gasteiger partial charge in [0.25, 0.3) is 0 Å². The minimum Gasteiger partial charge on any atom is -0.478 e. The Morgan fingerprint density at radius 1 is 1.04 bits per heavy atom. The summed E-state index contributed by atoms with van der Waals surface area (Å²) in [5.41, 5.74) is 4.15. The average molecular weight is 359 g/mol. The number of aromatic nitrogens is 1. The number of oxazole rings is 1. The highest BCUT2D eigenvalue weighted by Gasteiger charge is 2.19. The van der Waals surface area contributed by atoms with Gasteiger partial charge >= 0.3 is 11.7 Å². The lowest BCUT2D eigenvalue weighted by Gasteiger charge is -2.15. The van der Waals surface area contributed by atoms with Crippen LogP contribution < -0.4 is 5.76 Å². The maximum absolute atomic E-state index is 12.5. The smallest absolute Gasteiger partial charge is 0.424 e. The molecule has 27 heavy (non-hydrogen) atoms. The van der Waals surface area contributed by atoms with Crippen LogP contribution in [0.3, 0.4) is 0 Å². The Balaban J connectivity index is 2.08. The molecule has 0 saturated carbocycles. The number of fused-ring (bicyclic) bond motifs is 1. The number of aromatic carboxylic acids is 1. The maximum Gasteiger partial charge on any atom is 0.424 e. The summed E-state index contributed by atoms with van der Waals surface area (Å²) in [5, 5.41) is 9.76. The molecular formula is C22H17NO4. The third kappa shape index (κ3) is 2.83. The molecule has 0 atom stereocenters. The van der Waals surface area contributed by atoms with Gasteiger partial charge in [-0.1, -0.05) is 49.4 Å². The zero-order valence-electron chi connectivity index (χ0n) is 14.7. The van der Waals surface area contributed by atoms with Crippen molar-refractivity contribution in [2.24, 2.45) is 0 Å². The van der Waals surface area contributed by atoms with Gasteiger partial charge in [0, 0.05) is 0 Å². The van der Waals surface area contributed by atoms with Crippen LogP contribution >= 0.6 is 0 Å². The Morgan fingerprint density at radius 2 is 1.74 bits per heavy atom. The van der Waals surface area contributed by atoms with Crippen molar-refractivity contribution in [2.45, 2.75) is 13.3 Å². The number of carbonyl (C=O) groups is 1. The van der Waals surface area contributed by atoms with E-state index in [1.54, 1.807) is 18.2 Å². The highest BCUT2D eigenvalue weighted by molar-refractivity contribution is 5.93. The molecule has 0 amide bonds. The van der Waals surface area contributed by atoms with E-state index in [1.165, 1.54) is 10.6 Å². The van der Waals surface area contributed by atoms with Crippen molar-refractivity contribution in [2.75, 3.05) is 0 Å². The molecule has 0 saturated heterocycles. The van der Waals surface area contributed by atoms with Crippen LogP contribution in [0, 0.1) is 0 Å². The van der Waals surface area contributed by atoms with Crippen molar-refractivity contribution in [1.29, 1.82) is 0 Å². The van der Waals surface area contributed by atoms with E-state index in [1.807, 2.05) is 49.4 Å². The fraction of sp³-hybridized carbons (Fsp3) is 0.0909. The topological polar surface area (TPSA) is 72.4 Å². The SMILES string of the molecule is CCc1c(C(=O)O)cc(-n2c(=O)oc3ccccc32)cc1-c1ccccc1. The molecule has 5 heteroatoms. The lowest BCUT2D eigenvalue weighted by atomic mass is 9.92. The van der Waals surface area contributed by atoms with Crippen LogP contribution in [0.25, 0.3) is 27.9 Å². The van der Waals surface area contributed by atoms with E-state index < -0.39 is 11.7 Å². The van der Waals surface area contributed by atoms with Crippen LogP contribution in [0.5, 0.6) is 0 Å². The Hall–Kier alpha value is -3.60. The van der Waals surface area contributed by atoms with E-state index in [9.17, 15) is 14.7 Å². The second-order valence-corrected chi connectivity index (χ2v) is 6.22. The lowest BCUT2D eigenvalue weighted by molar-refractivity contribution is 0.0695. The van der Waals surface area contributed by atoms with E-state index in [-0.39, 0.29) is 5.56 Å². The molecule has 0 unspecified atom stereocenters. The van der Waals surface area contributed by atoms with Gasteiger partial charge in [-0.05, 0) is 47.4 Å². The first-order valence-electron chi connectivity index (χ1n) is 8.66. The molecule has 4 aromatic rings. The van der Waals surface area contributed by atoms with E-state index in [0.29, 0.717) is 23.2 Å². The summed E-state index contributed by atoms with van der Waals surface area (Å²) in [7, 11) is 0. The van der Waals surface area contributed by atoms with Crippen molar-refractivity contribution in [3.8, 4) is 16.8 Å². The van der Waals surface area contributed by atoms with Gasteiger partial charge in [-0.2, -0.15) is 0 Å². The number of carboxylic acid groups (broad SMARTS) is 1. The maximum atomic E-state index is 12.5. The van der Waals surface area contributed by atoms with Crippen molar-refractivity contribution in [1.82, 2.24) is 4.57 Å². The molecule has 0 fully saturated rings. The summed E-state index contributed by atoms with van der Waals surface area (Å²) < 4.78 is 6.73. The molecule has 0 radical (unpaired) electrons. The normalized spacial score (nSPS) is 11.0. The highest BCUT2D eigenvalue weighted by atomic mass is 16.4. The molecule has 0 spiro atoms. The quantitative estimate of drug-likeness (QED) is 0.582. The van der Waals surface area contributed by atoms with Gasteiger partial charge in [0.2, 0.25) is 0 Å². The summed E-state index contributed by atoms with van der Waals surface area (Å²) in [4.78, 5) is 24.4. The molecule has 1 aromatic heterocycles. The summed E-state index contributed by atoms with van der Waals surface area (Å²) in [6.07, 6.45) is 0.563. The molecule has 0 aliphatic heterocycles. The molecular weight excluding hydrogens is 342 g/mol. The molecule has 0 aliphatic rings. The van der Waals surface area contributed by atoms with Crippen molar-refractivity contribution in [3.05, 3.63) is 88.4 Å². The zero-order valence-corrected chi connectivity index (χ0v) is 14.7. The summed E-state index contributed by atoms with van der Waals surface area (Å²) in [5.74, 6) is -1.57. The molecule has 1 heterocycles. The van der Waals surface area contributed by atoms with Crippen LogP contribution in [-0.4, -0.2) is 15.6 Å². The molecule has 3 aromatic carbocycles. The average Bonchev–Trinajstić information content (AvgIpc) is 3.03. The molecule has 134 valence electrons. The first-order chi connectivity index (χ1) is 13.1. The molecule has 4 rings (SSSR count). The Bertz CT molecular complexity index is 1200. The third-order valence-electron chi connectivity index (χ3n) is 4.65. The predicted molar refractivity (Wildman–Crippen MR) is 104 cm³/mol. The van der Waals surface area contributed by atoms with E-state index in [2.05, 4.69) is 0 Å². The van der Waals surface area contributed by atoms with Crippen LogP contribution in [-0.2, 0) is 6.42 Å². The second-order valence-electron chi connectivity index (χ2n) is 6.22. The summed E-state index contributed by atoms with van der Waals surface area (Å²) >= 11 is 0. The summed E-state index contributed by atoms with van der Waals surface area (Å²) in [6, 6.07) is 20.0.